The maximum Gasteiger partial charge on any atom is 0.282 e. The standard InChI is InChI=1S/C20H23N3O3S/c1-4-9-25-16-7-6-15(18(12-16)26-10-5-2)13-21-23-14(3)22-19-17(20(23)24)8-11-27-19/h6-8,11-13H,4-5,9-10H2,1-3H3/b21-13-. The van der Waals surface area contributed by atoms with Crippen molar-refractivity contribution in [2.24, 2.45) is 5.10 Å². The van der Waals surface area contributed by atoms with Crippen LogP contribution in [-0.2, 0) is 0 Å². The maximum absolute atomic E-state index is 12.6. The Balaban J connectivity index is 1.95. The molecule has 3 rings (SSSR count). The number of fused-ring (bicyclic) bond motifs is 1. The van der Waals surface area contributed by atoms with Crippen LogP contribution in [-0.4, -0.2) is 29.1 Å². The van der Waals surface area contributed by atoms with Gasteiger partial charge in [0.2, 0.25) is 0 Å². The molecule has 0 spiro atoms. The Hall–Kier alpha value is -2.67. The van der Waals surface area contributed by atoms with Crippen molar-refractivity contribution in [3.05, 3.63) is 51.4 Å². The van der Waals surface area contributed by atoms with Gasteiger partial charge in [0.1, 0.15) is 22.2 Å². The highest BCUT2D eigenvalue weighted by molar-refractivity contribution is 7.16. The molecule has 0 aliphatic carbocycles. The monoisotopic (exact) mass is 385 g/mol. The van der Waals surface area contributed by atoms with Crippen LogP contribution in [0.25, 0.3) is 10.2 Å². The van der Waals surface area contributed by atoms with Crippen molar-refractivity contribution in [3.63, 3.8) is 0 Å². The first-order valence-electron chi connectivity index (χ1n) is 9.05. The summed E-state index contributed by atoms with van der Waals surface area (Å²) in [6.45, 7) is 7.14. The van der Waals surface area contributed by atoms with E-state index >= 15 is 0 Å². The lowest BCUT2D eigenvalue weighted by Crippen LogP contribution is -2.19. The second kappa shape index (κ2) is 8.81. The van der Waals surface area contributed by atoms with E-state index in [4.69, 9.17) is 9.47 Å². The summed E-state index contributed by atoms with van der Waals surface area (Å²) in [7, 11) is 0. The van der Waals surface area contributed by atoms with Crippen LogP contribution in [0.15, 0.2) is 39.5 Å². The topological polar surface area (TPSA) is 65.7 Å². The van der Waals surface area contributed by atoms with E-state index in [0.29, 0.717) is 30.2 Å². The number of hydrogen-bond acceptors (Lipinski definition) is 6. The van der Waals surface area contributed by atoms with Gasteiger partial charge in [0.05, 0.1) is 24.8 Å². The number of aryl methyl sites for hydroxylation is 1. The summed E-state index contributed by atoms with van der Waals surface area (Å²) in [5.41, 5.74) is 0.609. The second-order valence-corrected chi connectivity index (χ2v) is 6.95. The first kappa shape index (κ1) is 19.1. The van der Waals surface area contributed by atoms with Crippen molar-refractivity contribution in [2.45, 2.75) is 33.6 Å². The van der Waals surface area contributed by atoms with Crippen LogP contribution in [0.3, 0.4) is 0 Å². The smallest absolute Gasteiger partial charge is 0.282 e. The zero-order valence-corrected chi connectivity index (χ0v) is 16.6. The third-order valence-electron chi connectivity index (χ3n) is 3.87. The van der Waals surface area contributed by atoms with Crippen LogP contribution in [0.5, 0.6) is 11.5 Å². The third-order valence-corrected chi connectivity index (χ3v) is 4.68. The van der Waals surface area contributed by atoms with Gasteiger partial charge in [-0.25, -0.2) is 4.98 Å². The molecule has 27 heavy (non-hydrogen) atoms. The lowest BCUT2D eigenvalue weighted by Gasteiger charge is -2.11. The molecule has 0 amide bonds. The van der Waals surface area contributed by atoms with Crippen molar-refractivity contribution >= 4 is 27.8 Å². The number of ether oxygens (including phenoxy) is 2. The van der Waals surface area contributed by atoms with Gasteiger partial charge in [-0.15, -0.1) is 11.3 Å². The molecule has 2 heterocycles. The molecule has 0 N–H and O–H groups in total. The molecule has 0 atom stereocenters. The molecule has 0 aliphatic heterocycles. The molecule has 142 valence electrons. The fourth-order valence-electron chi connectivity index (χ4n) is 2.53. The molecule has 0 fully saturated rings. The summed E-state index contributed by atoms with van der Waals surface area (Å²) in [5, 5.41) is 6.80. The van der Waals surface area contributed by atoms with Crippen LogP contribution >= 0.6 is 11.3 Å². The average molecular weight is 385 g/mol. The Morgan fingerprint density at radius 2 is 1.96 bits per heavy atom. The number of aromatic nitrogens is 2. The number of rotatable bonds is 8. The van der Waals surface area contributed by atoms with E-state index in [1.54, 1.807) is 19.2 Å². The summed E-state index contributed by atoms with van der Waals surface area (Å²) < 4.78 is 12.8. The highest BCUT2D eigenvalue weighted by Gasteiger charge is 2.09. The van der Waals surface area contributed by atoms with Gasteiger partial charge in [0, 0.05) is 11.6 Å². The van der Waals surface area contributed by atoms with Crippen molar-refractivity contribution in [2.75, 3.05) is 13.2 Å². The van der Waals surface area contributed by atoms with E-state index in [2.05, 4.69) is 23.9 Å². The summed E-state index contributed by atoms with van der Waals surface area (Å²) >= 11 is 1.45. The SMILES string of the molecule is CCCOc1ccc(/C=N\n2c(C)nc3sccc3c2=O)c(OCCC)c1. The Morgan fingerprint density at radius 1 is 1.19 bits per heavy atom. The maximum atomic E-state index is 12.6. The number of nitrogens with zero attached hydrogens (tertiary/aromatic N) is 3. The average Bonchev–Trinajstić information content (AvgIpc) is 3.13. The van der Waals surface area contributed by atoms with Crippen LogP contribution < -0.4 is 15.0 Å². The normalized spacial score (nSPS) is 11.4. The van der Waals surface area contributed by atoms with Gasteiger partial charge < -0.3 is 9.47 Å². The molecule has 0 radical (unpaired) electrons. The fourth-order valence-corrected chi connectivity index (χ4v) is 3.33. The van der Waals surface area contributed by atoms with Gasteiger partial charge in [0.25, 0.3) is 5.56 Å². The van der Waals surface area contributed by atoms with Gasteiger partial charge in [-0.05, 0) is 43.3 Å². The van der Waals surface area contributed by atoms with Gasteiger partial charge >= 0.3 is 0 Å². The number of hydrogen-bond donors (Lipinski definition) is 0. The van der Waals surface area contributed by atoms with Gasteiger partial charge in [0.15, 0.2) is 0 Å². The summed E-state index contributed by atoms with van der Waals surface area (Å²) in [5.74, 6) is 1.99. The van der Waals surface area contributed by atoms with E-state index in [1.165, 1.54) is 16.0 Å². The molecule has 0 saturated carbocycles. The van der Waals surface area contributed by atoms with E-state index in [9.17, 15) is 4.79 Å². The van der Waals surface area contributed by atoms with E-state index in [0.717, 1.165) is 29.0 Å². The molecule has 3 aromatic rings. The highest BCUT2D eigenvalue weighted by Crippen LogP contribution is 2.24. The third kappa shape index (κ3) is 4.36. The van der Waals surface area contributed by atoms with Gasteiger partial charge in [-0.3, -0.25) is 4.79 Å². The van der Waals surface area contributed by atoms with E-state index < -0.39 is 0 Å². The largest absolute Gasteiger partial charge is 0.493 e. The van der Waals surface area contributed by atoms with Crippen LogP contribution in [0, 0.1) is 6.92 Å². The minimum Gasteiger partial charge on any atom is -0.493 e. The Morgan fingerprint density at radius 3 is 2.74 bits per heavy atom. The lowest BCUT2D eigenvalue weighted by atomic mass is 10.2. The molecule has 0 aliphatic rings. The summed E-state index contributed by atoms with van der Waals surface area (Å²) in [6.07, 6.45) is 3.46. The molecule has 0 saturated heterocycles. The second-order valence-electron chi connectivity index (χ2n) is 6.06. The Kier molecular flexibility index (Phi) is 6.24. The quantitative estimate of drug-likeness (QED) is 0.545. The molecule has 2 aromatic heterocycles. The van der Waals surface area contributed by atoms with Crippen molar-refractivity contribution in [1.82, 2.24) is 9.66 Å². The Bertz CT molecular complexity index is 1010. The zero-order valence-electron chi connectivity index (χ0n) is 15.8. The predicted octanol–water partition coefficient (Wildman–Crippen LogP) is 4.23. The first-order valence-corrected chi connectivity index (χ1v) is 9.92. The zero-order chi connectivity index (χ0) is 19.2. The molecule has 7 heteroatoms. The number of benzene rings is 1. The van der Waals surface area contributed by atoms with Crippen molar-refractivity contribution in [1.29, 1.82) is 0 Å². The highest BCUT2D eigenvalue weighted by atomic mass is 32.1. The molecular weight excluding hydrogens is 362 g/mol. The predicted molar refractivity (Wildman–Crippen MR) is 110 cm³/mol. The minimum atomic E-state index is -0.172. The van der Waals surface area contributed by atoms with Crippen molar-refractivity contribution in [3.8, 4) is 11.5 Å². The van der Waals surface area contributed by atoms with Gasteiger partial charge in [-0.1, -0.05) is 13.8 Å². The molecule has 0 unspecified atom stereocenters. The first-order chi connectivity index (χ1) is 13.1. The fraction of sp³-hybridized carbons (Fsp3) is 0.350. The van der Waals surface area contributed by atoms with Crippen molar-refractivity contribution < 1.29 is 9.47 Å². The van der Waals surface area contributed by atoms with E-state index in [1.807, 2.05) is 23.6 Å². The van der Waals surface area contributed by atoms with Crippen LogP contribution in [0.1, 0.15) is 38.1 Å². The summed E-state index contributed by atoms with van der Waals surface area (Å²) in [6, 6.07) is 7.40. The van der Waals surface area contributed by atoms with Gasteiger partial charge in [-0.2, -0.15) is 9.78 Å². The molecule has 1 aromatic carbocycles. The molecule has 0 bridgehead atoms. The van der Waals surface area contributed by atoms with Crippen LogP contribution in [0.4, 0.5) is 0 Å². The molecule has 6 nitrogen and oxygen atoms in total. The Labute approximate surface area is 162 Å². The minimum absolute atomic E-state index is 0.172. The van der Waals surface area contributed by atoms with E-state index in [-0.39, 0.29) is 5.56 Å². The number of thiophene rings is 1. The lowest BCUT2D eigenvalue weighted by molar-refractivity contribution is 0.301. The molecular formula is C20H23N3O3S. The van der Waals surface area contributed by atoms with Crippen LogP contribution in [0.2, 0.25) is 0 Å². The summed E-state index contributed by atoms with van der Waals surface area (Å²) in [4.78, 5) is 17.8.